The van der Waals surface area contributed by atoms with E-state index in [1.54, 1.807) is 20.0 Å². The lowest BCUT2D eigenvalue weighted by molar-refractivity contribution is -0.138. The standard InChI is InChI=1S/C20H19ClFN3O2/c1-4-27-20(26)16-12(3)24-19(17-11(2)6-5-9-23-17)25-18(16)14-8-7-13(22)10-15(14)21/h5-10,18H,4H2,1-3H3,(H,24,25). The Hall–Kier alpha value is -2.73. The molecule has 7 heteroatoms. The summed E-state index contributed by atoms with van der Waals surface area (Å²) in [6, 6.07) is 7.07. The monoisotopic (exact) mass is 387 g/mol. The smallest absolute Gasteiger partial charge is 0.338 e. The SMILES string of the molecule is CCOC(=O)C1=C(C)NC(c2ncccc2C)=NC1c1ccc(F)cc1Cl. The molecule has 1 atom stereocenters. The maximum Gasteiger partial charge on any atom is 0.338 e. The molecule has 0 saturated carbocycles. The Morgan fingerprint density at radius 2 is 2.11 bits per heavy atom. The normalized spacial score (nSPS) is 16.6. The zero-order valence-electron chi connectivity index (χ0n) is 15.2. The highest BCUT2D eigenvalue weighted by Gasteiger charge is 2.32. The maximum atomic E-state index is 13.5. The largest absolute Gasteiger partial charge is 0.463 e. The molecule has 0 radical (unpaired) electrons. The van der Waals surface area contributed by atoms with E-state index in [2.05, 4.69) is 15.3 Å². The quantitative estimate of drug-likeness (QED) is 0.802. The van der Waals surface area contributed by atoms with Crippen LogP contribution in [0.15, 0.2) is 52.8 Å². The van der Waals surface area contributed by atoms with E-state index >= 15 is 0 Å². The number of rotatable bonds is 4. The number of halogens is 2. The number of nitrogens with one attached hydrogen (secondary N) is 1. The van der Waals surface area contributed by atoms with Crippen LogP contribution in [0.25, 0.3) is 0 Å². The van der Waals surface area contributed by atoms with E-state index in [0.717, 1.165) is 5.56 Å². The molecule has 0 amide bonds. The van der Waals surface area contributed by atoms with Crippen molar-refractivity contribution < 1.29 is 13.9 Å². The van der Waals surface area contributed by atoms with Crippen molar-refractivity contribution in [3.63, 3.8) is 0 Å². The van der Waals surface area contributed by atoms with Crippen molar-refractivity contribution in [1.29, 1.82) is 0 Å². The van der Waals surface area contributed by atoms with E-state index in [-0.39, 0.29) is 11.6 Å². The summed E-state index contributed by atoms with van der Waals surface area (Å²) >= 11 is 6.26. The summed E-state index contributed by atoms with van der Waals surface area (Å²) in [6.45, 7) is 5.65. The van der Waals surface area contributed by atoms with Crippen molar-refractivity contribution in [2.45, 2.75) is 26.8 Å². The van der Waals surface area contributed by atoms with Gasteiger partial charge in [0, 0.05) is 22.5 Å². The number of nitrogens with zero attached hydrogens (tertiary/aromatic N) is 2. The Balaban J connectivity index is 2.15. The molecule has 1 unspecified atom stereocenters. The van der Waals surface area contributed by atoms with Crippen LogP contribution >= 0.6 is 11.6 Å². The molecule has 27 heavy (non-hydrogen) atoms. The third-order valence-electron chi connectivity index (χ3n) is 4.23. The number of hydrogen-bond donors (Lipinski definition) is 1. The van der Waals surface area contributed by atoms with Gasteiger partial charge >= 0.3 is 5.97 Å². The number of aliphatic imine (C=N–C) groups is 1. The summed E-state index contributed by atoms with van der Waals surface area (Å²) in [4.78, 5) is 21.6. The van der Waals surface area contributed by atoms with Crippen molar-refractivity contribution in [2.75, 3.05) is 6.61 Å². The van der Waals surface area contributed by atoms with Crippen molar-refractivity contribution in [2.24, 2.45) is 4.99 Å². The van der Waals surface area contributed by atoms with Gasteiger partial charge in [0.15, 0.2) is 5.84 Å². The molecule has 1 aromatic heterocycles. The first-order chi connectivity index (χ1) is 12.9. The summed E-state index contributed by atoms with van der Waals surface area (Å²) in [5.74, 6) is -0.432. The first-order valence-corrected chi connectivity index (χ1v) is 8.89. The van der Waals surface area contributed by atoms with Crippen LogP contribution in [-0.4, -0.2) is 23.4 Å². The molecule has 2 heterocycles. The van der Waals surface area contributed by atoms with Crippen LogP contribution in [-0.2, 0) is 9.53 Å². The summed E-state index contributed by atoms with van der Waals surface area (Å²) in [5, 5.41) is 3.33. The maximum absolute atomic E-state index is 13.5. The number of esters is 1. The molecule has 1 aromatic carbocycles. The van der Waals surface area contributed by atoms with Crippen LogP contribution in [0, 0.1) is 12.7 Å². The Bertz CT molecular complexity index is 956. The number of carbonyl (C=O) groups is 1. The molecule has 1 N–H and O–H groups in total. The van der Waals surface area contributed by atoms with Gasteiger partial charge in [-0.05, 0) is 44.5 Å². The van der Waals surface area contributed by atoms with Crippen LogP contribution in [0.2, 0.25) is 5.02 Å². The average Bonchev–Trinajstić information content (AvgIpc) is 2.61. The molecule has 1 aliphatic heterocycles. The lowest BCUT2D eigenvalue weighted by atomic mass is 9.95. The predicted molar refractivity (Wildman–Crippen MR) is 102 cm³/mol. The Kier molecular flexibility index (Phi) is 5.56. The minimum absolute atomic E-state index is 0.192. The van der Waals surface area contributed by atoms with E-state index < -0.39 is 17.8 Å². The van der Waals surface area contributed by atoms with Gasteiger partial charge in [-0.25, -0.2) is 9.18 Å². The van der Waals surface area contributed by atoms with Gasteiger partial charge in [0.2, 0.25) is 0 Å². The number of allylic oxidation sites excluding steroid dienone is 1. The van der Waals surface area contributed by atoms with Crippen LogP contribution in [0.3, 0.4) is 0 Å². The number of hydrogen-bond acceptors (Lipinski definition) is 5. The van der Waals surface area contributed by atoms with E-state index in [4.69, 9.17) is 16.3 Å². The van der Waals surface area contributed by atoms with Crippen LogP contribution in [0.1, 0.15) is 36.7 Å². The minimum atomic E-state index is -0.727. The second kappa shape index (κ2) is 7.88. The van der Waals surface area contributed by atoms with Gasteiger partial charge in [0.1, 0.15) is 17.6 Å². The molecular weight excluding hydrogens is 369 g/mol. The van der Waals surface area contributed by atoms with E-state index in [1.807, 2.05) is 19.1 Å². The third kappa shape index (κ3) is 3.85. The Morgan fingerprint density at radius 3 is 2.78 bits per heavy atom. The van der Waals surface area contributed by atoms with Crippen molar-refractivity contribution in [1.82, 2.24) is 10.3 Å². The van der Waals surface area contributed by atoms with Crippen molar-refractivity contribution in [3.05, 3.63) is 75.5 Å². The molecular formula is C20H19ClFN3O2. The summed E-state index contributed by atoms with van der Waals surface area (Å²) < 4.78 is 18.7. The fraction of sp³-hybridized carbons (Fsp3) is 0.250. The molecule has 0 spiro atoms. The Morgan fingerprint density at radius 1 is 1.33 bits per heavy atom. The highest BCUT2D eigenvalue weighted by molar-refractivity contribution is 6.31. The number of carbonyl (C=O) groups excluding carboxylic acids is 1. The van der Waals surface area contributed by atoms with Crippen LogP contribution in [0.5, 0.6) is 0 Å². The molecule has 0 bridgehead atoms. The van der Waals surface area contributed by atoms with Crippen molar-refractivity contribution >= 4 is 23.4 Å². The zero-order chi connectivity index (χ0) is 19.6. The lowest BCUT2D eigenvalue weighted by Crippen LogP contribution is -2.33. The Labute approximate surface area is 161 Å². The van der Waals surface area contributed by atoms with Gasteiger partial charge in [-0.15, -0.1) is 0 Å². The third-order valence-corrected chi connectivity index (χ3v) is 4.56. The molecule has 1 aliphatic rings. The topological polar surface area (TPSA) is 63.6 Å². The van der Waals surface area contributed by atoms with Gasteiger partial charge in [-0.2, -0.15) is 0 Å². The molecule has 2 aromatic rings. The molecule has 0 aliphatic carbocycles. The van der Waals surface area contributed by atoms with Crippen LogP contribution < -0.4 is 5.32 Å². The van der Waals surface area contributed by atoms with Gasteiger partial charge < -0.3 is 10.1 Å². The zero-order valence-corrected chi connectivity index (χ0v) is 16.0. The van der Waals surface area contributed by atoms with E-state index in [0.29, 0.717) is 28.4 Å². The van der Waals surface area contributed by atoms with Gasteiger partial charge in [-0.1, -0.05) is 23.7 Å². The summed E-state index contributed by atoms with van der Waals surface area (Å²) in [6.07, 6.45) is 1.67. The molecule has 5 nitrogen and oxygen atoms in total. The second-order valence-electron chi connectivity index (χ2n) is 6.10. The molecule has 0 fully saturated rings. The molecule has 0 saturated heterocycles. The van der Waals surface area contributed by atoms with Crippen molar-refractivity contribution in [3.8, 4) is 0 Å². The average molecular weight is 388 g/mol. The first-order valence-electron chi connectivity index (χ1n) is 8.52. The predicted octanol–water partition coefficient (Wildman–Crippen LogP) is 4.11. The number of benzene rings is 1. The number of aryl methyl sites for hydroxylation is 1. The number of amidine groups is 1. The fourth-order valence-electron chi connectivity index (χ4n) is 2.95. The summed E-state index contributed by atoms with van der Waals surface area (Å²) in [5.41, 5.74) is 3.05. The minimum Gasteiger partial charge on any atom is -0.463 e. The number of ether oxygens (including phenoxy) is 1. The van der Waals surface area contributed by atoms with Gasteiger partial charge in [0.25, 0.3) is 0 Å². The summed E-state index contributed by atoms with van der Waals surface area (Å²) in [7, 11) is 0. The molecule has 140 valence electrons. The van der Waals surface area contributed by atoms with E-state index in [9.17, 15) is 9.18 Å². The fourth-order valence-corrected chi connectivity index (χ4v) is 3.22. The highest BCUT2D eigenvalue weighted by atomic mass is 35.5. The second-order valence-corrected chi connectivity index (χ2v) is 6.51. The van der Waals surface area contributed by atoms with Gasteiger partial charge in [-0.3, -0.25) is 9.98 Å². The van der Waals surface area contributed by atoms with E-state index in [1.165, 1.54) is 18.2 Å². The van der Waals surface area contributed by atoms with Crippen LogP contribution in [0.4, 0.5) is 4.39 Å². The van der Waals surface area contributed by atoms with Gasteiger partial charge in [0.05, 0.1) is 12.2 Å². The molecule has 3 rings (SSSR count). The first kappa shape index (κ1) is 19.0. The lowest BCUT2D eigenvalue weighted by Gasteiger charge is -2.26. The highest BCUT2D eigenvalue weighted by Crippen LogP contribution is 2.36. The number of pyridine rings is 1. The number of aromatic nitrogens is 1.